The number of hydrogen-bond donors (Lipinski definition) is 2. The van der Waals surface area contributed by atoms with Crippen LogP contribution in [0.3, 0.4) is 0 Å². The molecule has 2 atom stereocenters. The molecule has 0 spiro atoms. The molecule has 4 nitrogen and oxygen atoms in total. The molecule has 1 aromatic carbocycles. The van der Waals surface area contributed by atoms with Crippen LogP contribution in [0.5, 0.6) is 5.75 Å². The molecule has 6 heteroatoms. The summed E-state index contributed by atoms with van der Waals surface area (Å²) in [7, 11) is 0. The van der Waals surface area contributed by atoms with E-state index < -0.39 is 11.9 Å². The topological polar surface area (TPSA) is 58.6 Å². The molecule has 0 bridgehead atoms. The molecule has 0 heterocycles. The predicted molar refractivity (Wildman–Crippen MR) is 75.9 cm³/mol. The van der Waals surface area contributed by atoms with Gasteiger partial charge in [0.25, 0.3) is 5.91 Å². The zero-order valence-corrected chi connectivity index (χ0v) is 12.9. The number of benzene rings is 1. The molecule has 2 N–H and O–H groups in total. The van der Waals surface area contributed by atoms with Crippen LogP contribution in [0.1, 0.15) is 20.3 Å². The number of aliphatic hydroxyl groups is 1. The van der Waals surface area contributed by atoms with E-state index in [2.05, 4.69) is 21.2 Å². The van der Waals surface area contributed by atoms with Gasteiger partial charge >= 0.3 is 0 Å². The molecule has 0 aliphatic heterocycles. The lowest BCUT2D eigenvalue weighted by Gasteiger charge is -2.49. The normalized spacial score (nSPS) is 23.9. The summed E-state index contributed by atoms with van der Waals surface area (Å²) < 4.78 is 19.3. The third kappa shape index (κ3) is 3.12. The SMILES string of the molecule is CC1(C)C(O)CC1NC(=O)COc1ccc(Br)cc1F. The van der Waals surface area contributed by atoms with Crippen LogP contribution in [-0.4, -0.2) is 29.8 Å². The van der Waals surface area contributed by atoms with Crippen LogP contribution in [0.15, 0.2) is 22.7 Å². The highest BCUT2D eigenvalue weighted by atomic mass is 79.9. The quantitative estimate of drug-likeness (QED) is 0.879. The Kier molecular flexibility index (Phi) is 4.34. The van der Waals surface area contributed by atoms with Crippen molar-refractivity contribution in [2.24, 2.45) is 5.41 Å². The van der Waals surface area contributed by atoms with Gasteiger partial charge in [-0.3, -0.25) is 4.79 Å². The zero-order valence-electron chi connectivity index (χ0n) is 11.3. The minimum atomic E-state index is -0.522. The van der Waals surface area contributed by atoms with Crippen molar-refractivity contribution < 1.29 is 19.0 Å². The van der Waals surface area contributed by atoms with Crippen LogP contribution in [-0.2, 0) is 4.79 Å². The lowest BCUT2D eigenvalue weighted by atomic mass is 9.64. The lowest BCUT2D eigenvalue weighted by molar-refractivity contribution is -0.131. The minimum absolute atomic E-state index is 0.0382. The molecule has 1 saturated carbocycles. The number of amides is 1. The van der Waals surface area contributed by atoms with E-state index in [1.165, 1.54) is 12.1 Å². The van der Waals surface area contributed by atoms with Crippen LogP contribution >= 0.6 is 15.9 Å². The molecule has 0 radical (unpaired) electrons. The van der Waals surface area contributed by atoms with Crippen molar-refractivity contribution in [3.05, 3.63) is 28.5 Å². The molecule has 0 aromatic heterocycles. The third-order valence-electron chi connectivity index (χ3n) is 3.80. The standard InChI is InChI=1S/C14H17BrFNO3/c1-14(2)11(6-12(14)18)17-13(19)7-20-10-4-3-8(15)5-9(10)16/h3-5,11-12,18H,6-7H2,1-2H3,(H,17,19). The average Bonchev–Trinajstić information content (AvgIpc) is 2.37. The summed E-state index contributed by atoms with van der Waals surface area (Å²) in [5.74, 6) is -0.805. The Morgan fingerprint density at radius 1 is 1.60 bits per heavy atom. The maximum absolute atomic E-state index is 13.5. The van der Waals surface area contributed by atoms with Gasteiger partial charge in [0, 0.05) is 15.9 Å². The van der Waals surface area contributed by atoms with Gasteiger partial charge in [-0.15, -0.1) is 0 Å². The summed E-state index contributed by atoms with van der Waals surface area (Å²) >= 11 is 3.15. The molecule has 2 unspecified atom stereocenters. The lowest BCUT2D eigenvalue weighted by Crippen LogP contribution is -2.61. The monoisotopic (exact) mass is 345 g/mol. The summed E-state index contributed by atoms with van der Waals surface area (Å²) in [6.45, 7) is 3.53. The van der Waals surface area contributed by atoms with E-state index in [0.29, 0.717) is 10.9 Å². The molecule has 1 fully saturated rings. The van der Waals surface area contributed by atoms with E-state index >= 15 is 0 Å². The number of carbonyl (C=O) groups excluding carboxylic acids is 1. The summed E-state index contributed by atoms with van der Waals surface area (Å²) in [6.07, 6.45) is 0.128. The van der Waals surface area contributed by atoms with Crippen LogP contribution in [0.25, 0.3) is 0 Å². The zero-order chi connectivity index (χ0) is 14.9. The Balaban J connectivity index is 1.84. The number of ether oxygens (including phenoxy) is 1. The first-order chi connectivity index (χ1) is 9.30. The Hall–Kier alpha value is -1.14. The molecule has 1 aromatic rings. The second-order valence-corrected chi connectivity index (χ2v) is 6.47. The highest BCUT2D eigenvalue weighted by Crippen LogP contribution is 2.40. The van der Waals surface area contributed by atoms with Gasteiger partial charge < -0.3 is 15.2 Å². The number of halogens is 2. The minimum Gasteiger partial charge on any atom is -0.481 e. The van der Waals surface area contributed by atoms with Gasteiger partial charge in [0.15, 0.2) is 18.2 Å². The second kappa shape index (κ2) is 5.69. The Labute approximate surface area is 125 Å². The smallest absolute Gasteiger partial charge is 0.258 e. The van der Waals surface area contributed by atoms with Crippen molar-refractivity contribution in [2.75, 3.05) is 6.61 Å². The number of aliphatic hydroxyl groups excluding tert-OH is 1. The van der Waals surface area contributed by atoms with Crippen molar-refractivity contribution in [2.45, 2.75) is 32.4 Å². The fourth-order valence-corrected chi connectivity index (χ4v) is 2.45. The number of hydrogen-bond acceptors (Lipinski definition) is 3. The average molecular weight is 346 g/mol. The summed E-state index contributed by atoms with van der Waals surface area (Å²) in [4.78, 5) is 11.7. The molecule has 2 rings (SSSR count). The van der Waals surface area contributed by atoms with Gasteiger partial charge in [0.2, 0.25) is 0 Å². The fraction of sp³-hybridized carbons (Fsp3) is 0.500. The Morgan fingerprint density at radius 3 is 2.85 bits per heavy atom. The van der Waals surface area contributed by atoms with E-state index in [4.69, 9.17) is 4.74 Å². The first-order valence-electron chi connectivity index (χ1n) is 6.36. The van der Waals surface area contributed by atoms with Crippen LogP contribution in [0, 0.1) is 11.2 Å². The van der Waals surface area contributed by atoms with Crippen molar-refractivity contribution in [3.63, 3.8) is 0 Å². The number of nitrogens with one attached hydrogen (secondary N) is 1. The van der Waals surface area contributed by atoms with E-state index in [9.17, 15) is 14.3 Å². The molecule has 0 saturated heterocycles. The molecular weight excluding hydrogens is 329 g/mol. The molecule has 1 aliphatic rings. The van der Waals surface area contributed by atoms with Crippen LogP contribution < -0.4 is 10.1 Å². The maximum Gasteiger partial charge on any atom is 0.258 e. The van der Waals surface area contributed by atoms with Crippen LogP contribution in [0.4, 0.5) is 4.39 Å². The van der Waals surface area contributed by atoms with Crippen molar-refractivity contribution in [1.29, 1.82) is 0 Å². The van der Waals surface area contributed by atoms with Crippen LogP contribution in [0.2, 0.25) is 0 Å². The van der Waals surface area contributed by atoms with E-state index in [1.807, 2.05) is 13.8 Å². The Bertz CT molecular complexity index is 521. The summed E-state index contributed by atoms with van der Waals surface area (Å²) in [5.41, 5.74) is -0.335. The van der Waals surface area contributed by atoms with Crippen molar-refractivity contribution in [3.8, 4) is 5.75 Å². The Morgan fingerprint density at radius 2 is 2.30 bits per heavy atom. The highest BCUT2D eigenvalue weighted by molar-refractivity contribution is 9.10. The molecule has 110 valence electrons. The maximum atomic E-state index is 13.5. The first-order valence-corrected chi connectivity index (χ1v) is 7.15. The van der Waals surface area contributed by atoms with E-state index in [1.54, 1.807) is 6.07 Å². The van der Waals surface area contributed by atoms with Gasteiger partial charge in [-0.05, 0) is 24.6 Å². The van der Waals surface area contributed by atoms with E-state index in [0.717, 1.165) is 0 Å². The summed E-state index contributed by atoms with van der Waals surface area (Å²) in [5, 5.41) is 12.4. The molecular formula is C14H17BrFNO3. The van der Waals surface area contributed by atoms with Gasteiger partial charge in [-0.2, -0.15) is 0 Å². The highest BCUT2D eigenvalue weighted by Gasteiger charge is 2.47. The summed E-state index contributed by atoms with van der Waals surface area (Å²) in [6, 6.07) is 4.30. The second-order valence-electron chi connectivity index (χ2n) is 5.56. The van der Waals surface area contributed by atoms with Gasteiger partial charge in [0.05, 0.1) is 6.10 Å². The molecule has 1 amide bonds. The molecule has 1 aliphatic carbocycles. The number of rotatable bonds is 4. The largest absolute Gasteiger partial charge is 0.481 e. The predicted octanol–water partition coefficient (Wildman–Crippen LogP) is 2.24. The fourth-order valence-electron chi connectivity index (χ4n) is 2.12. The third-order valence-corrected chi connectivity index (χ3v) is 4.30. The van der Waals surface area contributed by atoms with Gasteiger partial charge in [-0.25, -0.2) is 4.39 Å². The van der Waals surface area contributed by atoms with Gasteiger partial charge in [0.1, 0.15) is 0 Å². The van der Waals surface area contributed by atoms with Crippen molar-refractivity contribution >= 4 is 21.8 Å². The van der Waals surface area contributed by atoms with Gasteiger partial charge in [-0.1, -0.05) is 29.8 Å². The first kappa shape index (κ1) is 15.3. The van der Waals surface area contributed by atoms with E-state index in [-0.39, 0.29) is 29.7 Å². The van der Waals surface area contributed by atoms with Crippen molar-refractivity contribution in [1.82, 2.24) is 5.32 Å². The number of carbonyl (C=O) groups is 1. The molecule has 20 heavy (non-hydrogen) atoms.